The summed E-state index contributed by atoms with van der Waals surface area (Å²) in [4.78, 5) is 12.2. The van der Waals surface area contributed by atoms with Gasteiger partial charge < -0.3 is 9.64 Å². The van der Waals surface area contributed by atoms with Gasteiger partial charge in [0.15, 0.2) is 5.17 Å². The Labute approximate surface area is 170 Å². The fraction of sp³-hybridized carbons (Fsp3) is 0.304. The Morgan fingerprint density at radius 2 is 1.89 bits per heavy atom. The average Bonchev–Trinajstić information content (AvgIpc) is 2.70. The van der Waals surface area contributed by atoms with Gasteiger partial charge in [0.25, 0.3) is 0 Å². The lowest BCUT2D eigenvalue weighted by Gasteiger charge is -2.30. The van der Waals surface area contributed by atoms with E-state index in [1.807, 2.05) is 0 Å². The summed E-state index contributed by atoms with van der Waals surface area (Å²) in [6.45, 7) is 8.65. The highest BCUT2D eigenvalue weighted by atomic mass is 32.2. The largest absolute Gasteiger partial charge is 0.383 e. The second kappa shape index (κ2) is 7.94. The van der Waals surface area contributed by atoms with E-state index in [1.54, 1.807) is 18.9 Å². The highest BCUT2D eigenvalue weighted by Crippen LogP contribution is 2.35. The number of amidine groups is 1. The Balaban J connectivity index is 1.76. The first-order chi connectivity index (χ1) is 13.5. The molecule has 0 spiro atoms. The van der Waals surface area contributed by atoms with Gasteiger partial charge in [-0.1, -0.05) is 29.8 Å². The molecule has 0 aliphatic carbocycles. The summed E-state index contributed by atoms with van der Waals surface area (Å²) in [6.07, 6.45) is 0. The van der Waals surface area contributed by atoms with Crippen LogP contribution in [0.2, 0.25) is 0 Å². The van der Waals surface area contributed by atoms with Gasteiger partial charge in [-0.25, -0.2) is 9.98 Å². The minimum absolute atomic E-state index is 0.669. The smallest absolute Gasteiger partial charge is 0.171 e. The third kappa shape index (κ3) is 3.77. The summed E-state index contributed by atoms with van der Waals surface area (Å²) in [6, 6.07) is 14.9. The molecule has 4 rings (SSSR count). The fourth-order valence-corrected chi connectivity index (χ4v) is 4.34. The molecule has 3 aromatic rings. The predicted octanol–water partition coefficient (Wildman–Crippen LogP) is 5.40. The van der Waals surface area contributed by atoms with Crippen molar-refractivity contribution in [3.05, 3.63) is 64.7 Å². The van der Waals surface area contributed by atoms with E-state index < -0.39 is 0 Å². The van der Waals surface area contributed by atoms with Gasteiger partial charge in [-0.05, 0) is 61.9 Å². The molecule has 1 aliphatic heterocycles. The lowest BCUT2D eigenvalue weighted by Crippen LogP contribution is -2.34. The van der Waals surface area contributed by atoms with Gasteiger partial charge in [0.2, 0.25) is 0 Å². The van der Waals surface area contributed by atoms with Crippen LogP contribution in [0.25, 0.3) is 10.9 Å². The monoisotopic (exact) mass is 391 g/mol. The molecular weight excluding hydrogens is 366 g/mol. The molecule has 0 saturated carbocycles. The molecular formula is C23H25N3OS. The summed E-state index contributed by atoms with van der Waals surface area (Å²) in [7, 11) is 1.74. The number of nitrogens with zero attached hydrogens (tertiary/aromatic N) is 3. The molecule has 0 saturated heterocycles. The Hall–Kier alpha value is -2.37. The van der Waals surface area contributed by atoms with E-state index in [2.05, 4.69) is 68.1 Å². The van der Waals surface area contributed by atoms with E-state index in [4.69, 9.17) is 14.7 Å². The van der Waals surface area contributed by atoms with Crippen molar-refractivity contribution < 1.29 is 4.74 Å². The van der Waals surface area contributed by atoms with Gasteiger partial charge in [-0.3, -0.25) is 0 Å². The van der Waals surface area contributed by atoms with Gasteiger partial charge in [-0.2, -0.15) is 0 Å². The third-order valence-electron chi connectivity index (χ3n) is 5.19. The molecule has 1 aliphatic rings. The van der Waals surface area contributed by atoms with Crippen LogP contribution < -0.4 is 0 Å². The van der Waals surface area contributed by atoms with E-state index in [0.717, 1.165) is 34.5 Å². The maximum absolute atomic E-state index is 5.32. The number of hydrogen-bond acceptors (Lipinski definition) is 4. The molecule has 0 N–H and O–H groups in total. The third-order valence-corrected chi connectivity index (χ3v) is 6.27. The number of ether oxygens (including phenoxy) is 1. The van der Waals surface area contributed by atoms with Gasteiger partial charge >= 0.3 is 0 Å². The van der Waals surface area contributed by atoms with Crippen molar-refractivity contribution in [2.75, 3.05) is 20.3 Å². The number of thioether (sulfide) groups is 1. The second-order valence-corrected chi connectivity index (χ2v) is 8.23. The number of aromatic nitrogens is 1. The van der Waals surface area contributed by atoms with Crippen LogP contribution in [0, 0.1) is 20.8 Å². The molecule has 0 bridgehead atoms. The van der Waals surface area contributed by atoms with E-state index in [-0.39, 0.29) is 0 Å². The molecule has 5 heteroatoms. The lowest BCUT2D eigenvalue weighted by molar-refractivity contribution is 0.174. The van der Waals surface area contributed by atoms with Crippen molar-refractivity contribution in [2.45, 2.75) is 32.3 Å². The van der Waals surface area contributed by atoms with Crippen molar-refractivity contribution in [1.29, 1.82) is 0 Å². The molecule has 1 aromatic heterocycles. The van der Waals surface area contributed by atoms with Crippen molar-refractivity contribution in [2.24, 2.45) is 4.99 Å². The molecule has 4 nitrogen and oxygen atoms in total. The van der Waals surface area contributed by atoms with Crippen molar-refractivity contribution >= 4 is 33.5 Å². The normalized spacial score (nSPS) is 15.3. The molecule has 2 heterocycles. The number of rotatable bonds is 4. The number of aliphatic imine (C=N–C) groups is 1. The Bertz CT molecular complexity index is 1040. The summed E-state index contributed by atoms with van der Waals surface area (Å²) in [5.74, 6) is 0. The highest BCUT2D eigenvalue weighted by molar-refractivity contribution is 8.13. The van der Waals surface area contributed by atoms with E-state index >= 15 is 0 Å². The predicted molar refractivity (Wildman–Crippen MR) is 118 cm³/mol. The standard InChI is InChI=1S/C23H25N3OS/c1-15-5-9-20(10-6-15)24-23-26(11-12-27-4)14-19-13-18-8-7-16(2)17(3)21(18)25-22(19)28-23/h5-10,13H,11-12,14H2,1-4H3. The van der Waals surface area contributed by atoms with E-state index in [1.165, 1.54) is 27.6 Å². The maximum Gasteiger partial charge on any atom is 0.171 e. The Kier molecular flexibility index (Phi) is 5.38. The number of hydrogen-bond donors (Lipinski definition) is 0. The van der Waals surface area contributed by atoms with Crippen LogP contribution in [-0.2, 0) is 11.3 Å². The SMILES string of the molecule is COCCN1Cc2cc3ccc(C)c(C)c3nc2SC1=Nc1ccc(C)cc1. The van der Waals surface area contributed by atoms with Crippen molar-refractivity contribution in [1.82, 2.24) is 9.88 Å². The zero-order valence-electron chi connectivity index (χ0n) is 16.8. The quantitative estimate of drug-likeness (QED) is 0.597. The van der Waals surface area contributed by atoms with Crippen LogP contribution in [0.4, 0.5) is 5.69 Å². The summed E-state index contributed by atoms with van der Waals surface area (Å²) in [5, 5.41) is 3.24. The van der Waals surface area contributed by atoms with Crippen LogP contribution in [0.5, 0.6) is 0 Å². The van der Waals surface area contributed by atoms with Crippen LogP contribution in [0.15, 0.2) is 52.5 Å². The summed E-state index contributed by atoms with van der Waals surface area (Å²) >= 11 is 1.65. The van der Waals surface area contributed by atoms with Gasteiger partial charge in [0, 0.05) is 31.1 Å². The topological polar surface area (TPSA) is 37.7 Å². The number of aryl methyl sites for hydroxylation is 3. The van der Waals surface area contributed by atoms with Crippen molar-refractivity contribution in [3.63, 3.8) is 0 Å². The second-order valence-electron chi connectivity index (χ2n) is 7.28. The van der Waals surface area contributed by atoms with Gasteiger partial charge in [-0.15, -0.1) is 0 Å². The minimum Gasteiger partial charge on any atom is -0.383 e. The van der Waals surface area contributed by atoms with Crippen LogP contribution in [-0.4, -0.2) is 35.3 Å². The first-order valence-corrected chi connectivity index (χ1v) is 10.3. The Morgan fingerprint density at radius 3 is 2.64 bits per heavy atom. The highest BCUT2D eigenvalue weighted by Gasteiger charge is 2.24. The molecule has 2 aromatic carbocycles. The minimum atomic E-state index is 0.669. The molecule has 0 atom stereocenters. The molecule has 0 amide bonds. The molecule has 144 valence electrons. The van der Waals surface area contributed by atoms with E-state index in [0.29, 0.717) is 6.61 Å². The van der Waals surface area contributed by atoms with Crippen LogP contribution in [0.1, 0.15) is 22.3 Å². The fourth-order valence-electron chi connectivity index (χ4n) is 3.34. The maximum atomic E-state index is 5.32. The number of benzene rings is 2. The summed E-state index contributed by atoms with van der Waals surface area (Å²) in [5.41, 5.74) is 7.06. The molecule has 28 heavy (non-hydrogen) atoms. The Morgan fingerprint density at radius 1 is 1.11 bits per heavy atom. The van der Waals surface area contributed by atoms with Crippen molar-refractivity contribution in [3.8, 4) is 0 Å². The van der Waals surface area contributed by atoms with Crippen LogP contribution >= 0.6 is 11.8 Å². The zero-order chi connectivity index (χ0) is 19.7. The number of pyridine rings is 1. The lowest BCUT2D eigenvalue weighted by atomic mass is 10.0. The average molecular weight is 392 g/mol. The van der Waals surface area contributed by atoms with Gasteiger partial charge in [0.1, 0.15) is 5.03 Å². The van der Waals surface area contributed by atoms with Gasteiger partial charge in [0.05, 0.1) is 17.8 Å². The molecule has 0 unspecified atom stereocenters. The zero-order valence-corrected chi connectivity index (χ0v) is 17.6. The number of fused-ring (bicyclic) bond motifs is 2. The first kappa shape index (κ1) is 19.0. The summed E-state index contributed by atoms with van der Waals surface area (Å²) < 4.78 is 5.32. The molecule has 0 radical (unpaired) electrons. The number of methoxy groups -OCH3 is 1. The first-order valence-electron chi connectivity index (χ1n) is 9.52. The van der Waals surface area contributed by atoms with E-state index in [9.17, 15) is 0 Å². The molecule has 0 fully saturated rings. The van der Waals surface area contributed by atoms with Crippen LogP contribution in [0.3, 0.4) is 0 Å².